The minimum Gasteiger partial charge on any atom is -0.310 e. The molecule has 0 saturated carbocycles. The van der Waals surface area contributed by atoms with Crippen molar-refractivity contribution in [1.29, 1.82) is 0 Å². The number of hydrogen-bond acceptors (Lipinski definition) is 2. The summed E-state index contributed by atoms with van der Waals surface area (Å²) in [6, 6.07) is 127. The molecule has 0 saturated heterocycles. The molecule has 2 aliphatic heterocycles. The minimum absolute atomic E-state index is 0.197. The van der Waals surface area contributed by atoms with Crippen LogP contribution in [0.4, 0.5) is 34.1 Å². The van der Waals surface area contributed by atoms with Crippen molar-refractivity contribution in [2.75, 3.05) is 9.80 Å². The van der Waals surface area contributed by atoms with Gasteiger partial charge in [0.25, 0.3) is 6.71 Å². The van der Waals surface area contributed by atoms with Crippen LogP contribution in [0.2, 0.25) is 0 Å². The van der Waals surface area contributed by atoms with Gasteiger partial charge in [-0.2, -0.15) is 0 Å². The highest BCUT2D eigenvalue weighted by molar-refractivity contribution is 7.00. The second kappa shape index (κ2) is 22.8. The van der Waals surface area contributed by atoms with Crippen LogP contribution in [0.15, 0.2) is 340 Å². The van der Waals surface area contributed by atoms with Gasteiger partial charge in [-0.15, -0.1) is 0 Å². The first-order chi connectivity index (χ1) is 45.8. The Hall–Kier alpha value is -11.5. The van der Waals surface area contributed by atoms with E-state index in [1.54, 1.807) is 0 Å². The van der Waals surface area contributed by atoms with Crippen LogP contribution in [-0.2, 0) is 5.41 Å². The maximum Gasteiger partial charge on any atom is 0.252 e. The molecule has 0 N–H and O–H groups in total. The maximum absolute atomic E-state index is 2.71. The molecule has 0 aromatic heterocycles. The summed E-state index contributed by atoms with van der Waals surface area (Å²) in [7, 11) is 0. The number of anilines is 6. The van der Waals surface area contributed by atoms with E-state index in [4.69, 9.17) is 0 Å². The summed E-state index contributed by atoms with van der Waals surface area (Å²) in [6.45, 7) is 6.96. The lowest BCUT2D eigenvalue weighted by molar-refractivity contribution is 0.590. The van der Waals surface area contributed by atoms with Crippen LogP contribution in [0.1, 0.15) is 26.3 Å². The molecule has 0 unspecified atom stereocenters. The van der Waals surface area contributed by atoms with Crippen molar-refractivity contribution in [2.24, 2.45) is 0 Å². The summed E-state index contributed by atoms with van der Waals surface area (Å²) in [6.07, 6.45) is 0. The SMILES string of the molecule is CC(C)(C)c1cc2c3c(c1)N(c1c(-c4ccccc4)cc(-c4ccccc4)cc1-c1ccccc1)c1cc(-c4c5ccccc5cc5ccccc45)ccc1B3c1ccc(-c3ccccc3)cc1N2c1c(-c2ccccc2)cc(-c2ccccc2)cc1-c1ccccc1. The van der Waals surface area contributed by atoms with Crippen molar-refractivity contribution >= 4 is 78.8 Å². The molecule has 0 atom stereocenters. The van der Waals surface area contributed by atoms with Gasteiger partial charge in [-0.3, -0.25) is 0 Å². The minimum atomic E-state index is -0.308. The third kappa shape index (κ3) is 9.67. The van der Waals surface area contributed by atoms with Crippen molar-refractivity contribution in [3.63, 3.8) is 0 Å². The number of benzene rings is 15. The Labute approximate surface area is 545 Å². The molecule has 15 aromatic carbocycles. The average Bonchev–Trinajstić information content (AvgIpc) is 0.688. The van der Waals surface area contributed by atoms with Crippen LogP contribution in [0.25, 0.3) is 111 Å². The zero-order valence-electron chi connectivity index (χ0n) is 52.3. The summed E-state index contributed by atoms with van der Waals surface area (Å²) in [5.74, 6) is 0. The molecule has 93 heavy (non-hydrogen) atoms. The zero-order valence-corrected chi connectivity index (χ0v) is 52.3. The van der Waals surface area contributed by atoms with Gasteiger partial charge in [0.2, 0.25) is 0 Å². The number of nitrogens with zero attached hydrogens (tertiary/aromatic N) is 2. The number of fused-ring (bicyclic) bond motifs is 6. The van der Waals surface area contributed by atoms with Crippen molar-refractivity contribution in [3.8, 4) is 89.0 Å². The first-order valence-corrected chi connectivity index (χ1v) is 32.5. The fraction of sp³-hybridized carbons (Fsp3) is 0.0444. The van der Waals surface area contributed by atoms with Crippen LogP contribution in [0, 0.1) is 0 Å². The molecular weight excluding hydrogens is 1120 g/mol. The summed E-state index contributed by atoms with van der Waals surface area (Å²) >= 11 is 0. The Morgan fingerprint density at radius 3 is 0.925 bits per heavy atom. The third-order valence-corrected chi connectivity index (χ3v) is 19.3. The van der Waals surface area contributed by atoms with E-state index in [9.17, 15) is 0 Å². The first kappa shape index (κ1) is 55.5. The van der Waals surface area contributed by atoms with E-state index >= 15 is 0 Å². The number of hydrogen-bond donors (Lipinski definition) is 0. The highest BCUT2D eigenvalue weighted by Gasteiger charge is 2.46. The van der Waals surface area contributed by atoms with Gasteiger partial charge in [0, 0.05) is 45.0 Å². The van der Waals surface area contributed by atoms with Gasteiger partial charge in [0.15, 0.2) is 0 Å². The molecule has 2 heterocycles. The summed E-state index contributed by atoms with van der Waals surface area (Å²) in [5.41, 5.74) is 30.1. The largest absolute Gasteiger partial charge is 0.310 e. The molecule has 0 fully saturated rings. The predicted molar refractivity (Wildman–Crippen MR) is 398 cm³/mol. The Morgan fingerprint density at radius 1 is 0.247 bits per heavy atom. The van der Waals surface area contributed by atoms with Gasteiger partial charge >= 0.3 is 0 Å². The third-order valence-electron chi connectivity index (χ3n) is 19.3. The van der Waals surface area contributed by atoms with Gasteiger partial charge in [0.05, 0.1) is 11.4 Å². The van der Waals surface area contributed by atoms with Crippen LogP contribution in [0.5, 0.6) is 0 Å². The van der Waals surface area contributed by atoms with Crippen molar-refractivity contribution in [1.82, 2.24) is 0 Å². The normalized spacial score (nSPS) is 12.4. The summed E-state index contributed by atoms with van der Waals surface area (Å²) in [4.78, 5) is 5.41. The Morgan fingerprint density at radius 2 is 0.559 bits per heavy atom. The second-order valence-corrected chi connectivity index (χ2v) is 25.9. The molecule has 0 amide bonds. The topological polar surface area (TPSA) is 6.48 Å². The average molecular weight is 1190 g/mol. The van der Waals surface area contributed by atoms with Crippen molar-refractivity contribution in [2.45, 2.75) is 26.2 Å². The fourth-order valence-corrected chi connectivity index (χ4v) is 14.9. The first-order valence-electron chi connectivity index (χ1n) is 32.5. The molecule has 17 rings (SSSR count). The standard InChI is InChI=1S/C90H65BN2/c1-90(2,3)73-58-84-87-85(59-73)93(89-78(65-39-21-9-22-40-65)54-72(62-33-15-6-16-34-62)55-79(89)66-41-23-10-24-42-66)83-57-70(86-74-45-27-25-43-68(74)51-69-44-26-28-46-75(69)86)48-50-81(83)91(87)80-49-47-67(60-29-11-4-12-30-60)56-82(80)92(84)88-76(63-35-17-7-18-36-63)52-71(61-31-13-5-14-32-61)53-77(88)64-37-19-8-20-38-64/h4-59H,1-3H3. The molecule has 15 aromatic rings. The van der Waals surface area contributed by atoms with Gasteiger partial charge < -0.3 is 9.80 Å². The van der Waals surface area contributed by atoms with E-state index in [-0.39, 0.29) is 12.1 Å². The van der Waals surface area contributed by atoms with Crippen LogP contribution < -0.4 is 26.2 Å². The van der Waals surface area contributed by atoms with Crippen molar-refractivity contribution in [3.05, 3.63) is 345 Å². The molecule has 0 bridgehead atoms. The molecule has 2 nitrogen and oxygen atoms in total. The van der Waals surface area contributed by atoms with E-state index < -0.39 is 0 Å². The lowest BCUT2D eigenvalue weighted by atomic mass is 9.33. The number of rotatable bonds is 10. The highest BCUT2D eigenvalue weighted by atomic mass is 15.2. The van der Waals surface area contributed by atoms with Crippen LogP contribution in [-0.4, -0.2) is 6.71 Å². The Bertz CT molecular complexity index is 5160. The van der Waals surface area contributed by atoms with Gasteiger partial charge in [0.1, 0.15) is 0 Å². The second-order valence-electron chi connectivity index (χ2n) is 25.9. The van der Waals surface area contributed by atoms with Gasteiger partial charge in [-0.05, 0) is 170 Å². The molecule has 3 heteroatoms. The monoisotopic (exact) mass is 1180 g/mol. The van der Waals surface area contributed by atoms with E-state index in [1.165, 1.54) is 71.3 Å². The fourth-order valence-electron chi connectivity index (χ4n) is 14.9. The predicted octanol–water partition coefficient (Wildman–Crippen LogP) is 22.7. The lowest BCUT2D eigenvalue weighted by Crippen LogP contribution is -2.61. The molecule has 438 valence electrons. The molecule has 0 spiro atoms. The lowest BCUT2D eigenvalue weighted by Gasteiger charge is -2.46. The van der Waals surface area contributed by atoms with E-state index in [2.05, 4.69) is 370 Å². The van der Waals surface area contributed by atoms with Crippen LogP contribution >= 0.6 is 0 Å². The summed E-state index contributed by atoms with van der Waals surface area (Å²) < 4.78 is 0. The molecule has 0 radical (unpaired) electrons. The van der Waals surface area contributed by atoms with Crippen molar-refractivity contribution < 1.29 is 0 Å². The smallest absolute Gasteiger partial charge is 0.252 e. The van der Waals surface area contributed by atoms with Gasteiger partial charge in [-0.25, -0.2) is 0 Å². The summed E-state index contributed by atoms with van der Waals surface area (Å²) in [5, 5.41) is 4.90. The highest BCUT2D eigenvalue weighted by Crippen LogP contribution is 2.56. The van der Waals surface area contributed by atoms with E-state index in [0.717, 1.165) is 95.3 Å². The molecule has 2 aliphatic rings. The quantitative estimate of drug-likeness (QED) is 0.0995. The zero-order chi connectivity index (χ0) is 62.2. The Balaban J connectivity index is 1.06. The Kier molecular flexibility index (Phi) is 13.6. The van der Waals surface area contributed by atoms with E-state index in [1.807, 2.05) is 0 Å². The van der Waals surface area contributed by atoms with E-state index in [0.29, 0.717) is 0 Å². The van der Waals surface area contributed by atoms with Crippen LogP contribution in [0.3, 0.4) is 0 Å². The molecular formula is C90H65BN2. The van der Waals surface area contributed by atoms with Gasteiger partial charge in [-0.1, -0.05) is 306 Å². The maximum atomic E-state index is 2.71. The molecule has 0 aliphatic carbocycles.